The van der Waals surface area contributed by atoms with Crippen LogP contribution in [0.2, 0.25) is 0 Å². The number of fused-ring (bicyclic) bond motifs is 1. The fourth-order valence-electron chi connectivity index (χ4n) is 3.50. The summed E-state index contributed by atoms with van der Waals surface area (Å²) >= 11 is 7.02. The molecule has 0 saturated carbocycles. The van der Waals surface area contributed by atoms with E-state index in [1.54, 1.807) is 17.1 Å². The molecule has 2 atom stereocenters. The van der Waals surface area contributed by atoms with Gasteiger partial charge in [0.25, 0.3) is 5.69 Å². The highest BCUT2D eigenvalue weighted by molar-refractivity contribution is 8.27. The number of hydrogen-bond acceptors (Lipinski definition) is 6. The maximum absolute atomic E-state index is 10.9. The summed E-state index contributed by atoms with van der Waals surface area (Å²) in [5.74, 6) is 0.746. The fourth-order valence-corrected chi connectivity index (χ4v) is 4.80. The molecular formula is C22H23N5O2S2. The maximum Gasteiger partial charge on any atom is 0.269 e. The van der Waals surface area contributed by atoms with Gasteiger partial charge < -0.3 is 5.32 Å². The van der Waals surface area contributed by atoms with Crippen molar-refractivity contribution in [2.75, 3.05) is 0 Å². The van der Waals surface area contributed by atoms with Crippen LogP contribution < -0.4 is 5.32 Å². The average Bonchev–Trinajstić information content (AvgIpc) is 3.18. The van der Waals surface area contributed by atoms with Crippen molar-refractivity contribution < 1.29 is 4.92 Å². The molecule has 2 aliphatic rings. The zero-order valence-corrected chi connectivity index (χ0v) is 19.1. The summed E-state index contributed by atoms with van der Waals surface area (Å²) in [7, 11) is 0. The van der Waals surface area contributed by atoms with E-state index in [0.29, 0.717) is 16.2 Å². The van der Waals surface area contributed by atoms with Crippen molar-refractivity contribution in [3.63, 3.8) is 0 Å². The van der Waals surface area contributed by atoms with Crippen molar-refractivity contribution in [3.8, 4) is 0 Å². The fraction of sp³-hybridized carbons (Fsp3) is 0.318. The number of aliphatic imine (C=N–C) groups is 1. The number of benzene rings is 2. The molecule has 31 heavy (non-hydrogen) atoms. The van der Waals surface area contributed by atoms with Crippen molar-refractivity contribution >= 4 is 45.0 Å². The van der Waals surface area contributed by atoms with E-state index in [-0.39, 0.29) is 11.6 Å². The lowest BCUT2D eigenvalue weighted by Gasteiger charge is -2.27. The van der Waals surface area contributed by atoms with Crippen LogP contribution in [0.3, 0.4) is 0 Å². The number of nitro benzene ring substituents is 1. The number of thiocarbonyl (C=S) groups is 1. The molecule has 0 aromatic heterocycles. The lowest BCUT2D eigenvalue weighted by molar-refractivity contribution is -0.384. The van der Waals surface area contributed by atoms with Gasteiger partial charge in [0.15, 0.2) is 10.3 Å². The Morgan fingerprint density at radius 2 is 1.84 bits per heavy atom. The van der Waals surface area contributed by atoms with Crippen LogP contribution in [-0.2, 0) is 6.42 Å². The van der Waals surface area contributed by atoms with E-state index in [9.17, 15) is 10.1 Å². The number of hydrazone groups is 1. The van der Waals surface area contributed by atoms with Crippen LogP contribution in [0.4, 0.5) is 5.69 Å². The summed E-state index contributed by atoms with van der Waals surface area (Å²) in [4.78, 5) is 15.2. The molecule has 160 valence electrons. The molecule has 0 aliphatic carbocycles. The Bertz CT molecular complexity index is 1060. The molecule has 2 unspecified atom stereocenters. The molecule has 0 saturated heterocycles. The van der Waals surface area contributed by atoms with E-state index in [2.05, 4.69) is 50.4 Å². The van der Waals surface area contributed by atoms with Gasteiger partial charge in [-0.1, -0.05) is 45.0 Å². The summed E-state index contributed by atoms with van der Waals surface area (Å²) < 4.78 is 0. The lowest BCUT2D eigenvalue weighted by Crippen LogP contribution is -2.43. The van der Waals surface area contributed by atoms with Crippen LogP contribution in [0, 0.1) is 16.0 Å². The van der Waals surface area contributed by atoms with Crippen LogP contribution in [0.25, 0.3) is 0 Å². The van der Waals surface area contributed by atoms with E-state index in [1.807, 2.05) is 0 Å². The molecule has 0 fully saturated rings. The molecule has 0 bridgehead atoms. The van der Waals surface area contributed by atoms with Crippen LogP contribution in [0.1, 0.15) is 49.5 Å². The third-order valence-corrected chi connectivity index (χ3v) is 6.58. The van der Waals surface area contributed by atoms with Gasteiger partial charge in [0.2, 0.25) is 0 Å². The number of non-ortho nitro benzene ring substituents is 1. The molecule has 2 heterocycles. The summed E-state index contributed by atoms with van der Waals surface area (Å²) in [6.07, 6.45) is 0.672. The van der Waals surface area contributed by atoms with Crippen molar-refractivity contribution in [1.82, 2.24) is 10.3 Å². The zero-order chi connectivity index (χ0) is 22.1. The third kappa shape index (κ3) is 4.62. The number of nitro groups is 1. The van der Waals surface area contributed by atoms with E-state index in [0.717, 1.165) is 17.0 Å². The van der Waals surface area contributed by atoms with Crippen molar-refractivity contribution in [2.24, 2.45) is 16.0 Å². The summed E-state index contributed by atoms with van der Waals surface area (Å²) in [6, 6.07) is 15.0. The number of hydrogen-bond donors (Lipinski definition) is 1. The molecule has 4 rings (SSSR count). The summed E-state index contributed by atoms with van der Waals surface area (Å²) in [6.45, 7) is 6.57. The second-order valence-corrected chi connectivity index (χ2v) is 9.40. The Morgan fingerprint density at radius 3 is 2.45 bits per heavy atom. The van der Waals surface area contributed by atoms with Gasteiger partial charge in [0.1, 0.15) is 11.2 Å². The average molecular weight is 454 g/mol. The van der Waals surface area contributed by atoms with Gasteiger partial charge in [0.05, 0.1) is 4.92 Å². The smallest absolute Gasteiger partial charge is 0.269 e. The SMILES string of the molecule is CC(C)Cc1ccc(C(C)C2=NN3C(=S)NC(c4ccc([N+](=O)[O-])cc4)N=C3S2)cc1. The van der Waals surface area contributed by atoms with Gasteiger partial charge >= 0.3 is 0 Å². The van der Waals surface area contributed by atoms with E-state index in [1.165, 1.54) is 35.0 Å². The quantitative estimate of drug-likeness (QED) is 0.368. The minimum atomic E-state index is -0.417. The van der Waals surface area contributed by atoms with E-state index >= 15 is 0 Å². The Hall–Kier alpha value is -2.78. The van der Waals surface area contributed by atoms with E-state index < -0.39 is 11.1 Å². The minimum Gasteiger partial charge on any atom is -0.335 e. The first-order valence-electron chi connectivity index (χ1n) is 10.1. The second-order valence-electron chi connectivity index (χ2n) is 8.03. The maximum atomic E-state index is 10.9. The van der Waals surface area contributed by atoms with Crippen LogP contribution in [0.5, 0.6) is 0 Å². The number of nitrogens with zero attached hydrogens (tertiary/aromatic N) is 4. The molecule has 1 N–H and O–H groups in total. The lowest BCUT2D eigenvalue weighted by atomic mass is 9.97. The predicted molar refractivity (Wildman–Crippen MR) is 129 cm³/mol. The second kappa shape index (κ2) is 8.76. The molecule has 0 spiro atoms. The standard InChI is InChI=1S/C22H23N5O2S2/c1-13(2)12-15-4-6-16(7-5-15)14(3)20-25-26-21(30)23-19(24-22(26)31-20)17-8-10-18(11-9-17)27(28)29/h4-11,13-14,19H,12H2,1-3H3,(H,23,30). The summed E-state index contributed by atoms with van der Waals surface area (Å²) in [5, 5.41) is 22.5. The van der Waals surface area contributed by atoms with Gasteiger partial charge in [-0.3, -0.25) is 10.1 Å². The first-order chi connectivity index (χ1) is 14.8. The zero-order valence-electron chi connectivity index (χ0n) is 17.5. The highest BCUT2D eigenvalue weighted by Gasteiger charge is 2.34. The summed E-state index contributed by atoms with van der Waals surface area (Å²) in [5.41, 5.74) is 3.39. The van der Waals surface area contributed by atoms with Gasteiger partial charge in [-0.2, -0.15) is 10.1 Å². The van der Waals surface area contributed by atoms with Crippen LogP contribution in [0.15, 0.2) is 58.6 Å². The molecule has 7 nitrogen and oxygen atoms in total. The van der Waals surface area contributed by atoms with Crippen LogP contribution >= 0.6 is 24.0 Å². The van der Waals surface area contributed by atoms with Crippen molar-refractivity contribution in [1.29, 1.82) is 0 Å². The van der Waals surface area contributed by atoms with Gasteiger partial charge in [0, 0.05) is 18.1 Å². The Labute approximate surface area is 190 Å². The largest absolute Gasteiger partial charge is 0.335 e. The molecule has 2 aromatic carbocycles. The normalized spacial score (nSPS) is 18.9. The van der Waals surface area contributed by atoms with Gasteiger partial charge in [-0.15, -0.1) is 0 Å². The van der Waals surface area contributed by atoms with Gasteiger partial charge in [-0.25, -0.2) is 4.99 Å². The monoisotopic (exact) mass is 453 g/mol. The molecular weight excluding hydrogens is 430 g/mol. The highest BCUT2D eigenvalue weighted by atomic mass is 32.2. The Kier molecular flexibility index (Phi) is 6.06. The Morgan fingerprint density at radius 1 is 1.16 bits per heavy atom. The van der Waals surface area contributed by atoms with Crippen molar-refractivity contribution in [2.45, 2.75) is 39.3 Å². The number of nitrogens with one attached hydrogen (secondary N) is 1. The number of thioether (sulfide) groups is 1. The Balaban J connectivity index is 1.50. The molecule has 2 aromatic rings. The van der Waals surface area contributed by atoms with E-state index in [4.69, 9.17) is 22.3 Å². The van der Waals surface area contributed by atoms with Crippen molar-refractivity contribution in [3.05, 3.63) is 75.3 Å². The van der Waals surface area contributed by atoms with Crippen LogP contribution in [-0.4, -0.2) is 25.3 Å². The first-order valence-corrected chi connectivity index (χ1v) is 11.3. The predicted octanol–water partition coefficient (Wildman–Crippen LogP) is 5.20. The minimum absolute atomic E-state index is 0.0468. The van der Waals surface area contributed by atoms with Gasteiger partial charge in [-0.05, 0) is 65.1 Å². The number of amidine groups is 1. The third-order valence-electron chi connectivity index (χ3n) is 5.18. The molecule has 0 radical (unpaired) electrons. The molecule has 0 amide bonds. The molecule has 2 aliphatic heterocycles. The number of rotatable bonds is 6. The topological polar surface area (TPSA) is 83.1 Å². The highest BCUT2D eigenvalue weighted by Crippen LogP contribution is 2.35. The first kappa shape index (κ1) is 21.5. The molecule has 9 heteroatoms.